The van der Waals surface area contributed by atoms with Crippen molar-refractivity contribution in [1.29, 1.82) is 0 Å². The highest BCUT2D eigenvalue weighted by Gasteiger charge is 2.14. The van der Waals surface area contributed by atoms with Gasteiger partial charge in [-0.2, -0.15) is 0 Å². The summed E-state index contributed by atoms with van der Waals surface area (Å²) in [5, 5.41) is 3.31. The number of ether oxygens (including phenoxy) is 1. The summed E-state index contributed by atoms with van der Waals surface area (Å²) >= 11 is 11.8. The number of carbonyl (C=O) groups is 3. The molecule has 0 spiro atoms. The molecular weight excluding hydrogens is 365 g/mol. The van der Waals surface area contributed by atoms with E-state index in [9.17, 15) is 14.4 Å². The average molecular weight is 380 g/mol. The molecule has 0 radical (unpaired) electrons. The van der Waals surface area contributed by atoms with Crippen molar-refractivity contribution in [2.24, 2.45) is 0 Å². The summed E-state index contributed by atoms with van der Waals surface area (Å²) in [5.41, 5.74) is 1.00. The second-order valence-electron chi connectivity index (χ2n) is 5.17. The van der Waals surface area contributed by atoms with Crippen molar-refractivity contribution in [2.45, 2.75) is 12.8 Å². The number of carbonyl (C=O) groups excluding carboxylic acids is 3. The number of anilines is 1. The first-order valence-corrected chi connectivity index (χ1v) is 8.13. The molecule has 0 aliphatic carbocycles. The maximum Gasteiger partial charge on any atom is 0.339 e. The molecule has 2 aromatic carbocycles. The minimum atomic E-state index is -0.600. The lowest BCUT2D eigenvalue weighted by molar-refractivity contribution is -0.116. The highest BCUT2D eigenvalue weighted by Crippen LogP contribution is 2.21. The molecule has 0 aliphatic rings. The molecule has 0 aromatic heterocycles. The molecule has 0 bridgehead atoms. The first-order chi connectivity index (χ1) is 11.9. The molecule has 7 heteroatoms. The number of hydrogen-bond donors (Lipinski definition) is 1. The number of benzene rings is 2. The molecule has 2 rings (SSSR count). The van der Waals surface area contributed by atoms with E-state index in [-0.39, 0.29) is 35.1 Å². The number of ketones is 1. The smallest absolute Gasteiger partial charge is 0.339 e. The minimum absolute atomic E-state index is 0.00152. The highest BCUT2D eigenvalue weighted by atomic mass is 35.5. The number of Topliss-reactive ketones (excluding diaryl/α,β-unsaturated/α-hetero) is 1. The van der Waals surface area contributed by atoms with Crippen LogP contribution in [0.4, 0.5) is 5.69 Å². The van der Waals surface area contributed by atoms with Gasteiger partial charge in [0.25, 0.3) is 0 Å². The second-order valence-corrected chi connectivity index (χ2v) is 6.01. The number of halogens is 2. The lowest BCUT2D eigenvalue weighted by Gasteiger charge is -2.08. The maximum absolute atomic E-state index is 12.1. The fourth-order valence-electron chi connectivity index (χ4n) is 2.13. The van der Waals surface area contributed by atoms with Gasteiger partial charge in [0.1, 0.15) is 0 Å². The predicted molar refractivity (Wildman–Crippen MR) is 96.4 cm³/mol. The minimum Gasteiger partial charge on any atom is -0.465 e. The SMILES string of the molecule is COC(=O)c1cc(NC(=O)CCC(=O)c2cccc(Cl)c2)ccc1Cl. The van der Waals surface area contributed by atoms with Gasteiger partial charge in [-0.3, -0.25) is 9.59 Å². The molecular formula is C18H15Cl2NO4. The Morgan fingerprint density at radius 1 is 1.04 bits per heavy atom. The Bertz CT molecular complexity index is 820. The predicted octanol–water partition coefficient (Wildman–Crippen LogP) is 4.38. The third kappa shape index (κ3) is 5.31. The molecule has 5 nitrogen and oxygen atoms in total. The number of amides is 1. The molecule has 1 N–H and O–H groups in total. The second kappa shape index (κ2) is 8.65. The molecule has 0 aliphatic heterocycles. The molecule has 2 aromatic rings. The van der Waals surface area contributed by atoms with Gasteiger partial charge in [0, 0.05) is 29.1 Å². The van der Waals surface area contributed by atoms with Crippen LogP contribution in [0.1, 0.15) is 33.6 Å². The summed E-state index contributed by atoms with van der Waals surface area (Å²) in [5.74, 6) is -1.13. The monoisotopic (exact) mass is 379 g/mol. The Hall–Kier alpha value is -2.37. The van der Waals surface area contributed by atoms with Gasteiger partial charge in [-0.15, -0.1) is 0 Å². The van der Waals surface area contributed by atoms with Crippen LogP contribution in [-0.2, 0) is 9.53 Å². The van der Waals surface area contributed by atoms with Gasteiger partial charge in [0.15, 0.2) is 5.78 Å². The van der Waals surface area contributed by atoms with E-state index in [4.69, 9.17) is 23.2 Å². The molecule has 0 saturated heterocycles. The summed E-state index contributed by atoms with van der Waals surface area (Å²) in [7, 11) is 1.24. The molecule has 0 atom stereocenters. The first kappa shape index (κ1) is 19.0. The van der Waals surface area contributed by atoms with E-state index >= 15 is 0 Å². The Morgan fingerprint density at radius 2 is 1.80 bits per heavy atom. The quantitative estimate of drug-likeness (QED) is 0.596. The van der Waals surface area contributed by atoms with E-state index in [0.717, 1.165) is 0 Å². The molecule has 25 heavy (non-hydrogen) atoms. The van der Waals surface area contributed by atoms with Crippen molar-refractivity contribution in [1.82, 2.24) is 0 Å². The van der Waals surface area contributed by atoms with Gasteiger partial charge in [-0.25, -0.2) is 4.79 Å². The summed E-state index contributed by atoms with van der Waals surface area (Å²) in [6, 6.07) is 11.0. The van der Waals surface area contributed by atoms with Gasteiger partial charge in [-0.05, 0) is 30.3 Å². The van der Waals surface area contributed by atoms with Crippen molar-refractivity contribution in [3.63, 3.8) is 0 Å². The van der Waals surface area contributed by atoms with E-state index in [1.54, 1.807) is 30.3 Å². The van der Waals surface area contributed by atoms with Gasteiger partial charge >= 0.3 is 5.97 Å². The van der Waals surface area contributed by atoms with Crippen LogP contribution >= 0.6 is 23.2 Å². The Morgan fingerprint density at radius 3 is 2.48 bits per heavy atom. The van der Waals surface area contributed by atoms with Crippen molar-refractivity contribution >= 4 is 46.5 Å². The molecule has 1 amide bonds. The maximum atomic E-state index is 12.1. The van der Waals surface area contributed by atoms with Crippen LogP contribution in [0, 0.1) is 0 Å². The average Bonchev–Trinajstić information content (AvgIpc) is 2.60. The fourth-order valence-corrected chi connectivity index (χ4v) is 2.51. The lowest BCUT2D eigenvalue weighted by atomic mass is 10.1. The van der Waals surface area contributed by atoms with Crippen LogP contribution in [0.15, 0.2) is 42.5 Å². The van der Waals surface area contributed by atoms with Gasteiger partial charge in [-0.1, -0.05) is 35.3 Å². The number of rotatable bonds is 6. The topological polar surface area (TPSA) is 72.5 Å². The number of hydrogen-bond acceptors (Lipinski definition) is 4. The fraction of sp³-hybridized carbons (Fsp3) is 0.167. The van der Waals surface area contributed by atoms with Crippen LogP contribution < -0.4 is 5.32 Å². The molecule has 0 fully saturated rings. The summed E-state index contributed by atoms with van der Waals surface area (Å²) in [6.45, 7) is 0. The normalized spacial score (nSPS) is 10.2. The van der Waals surface area contributed by atoms with Crippen molar-refractivity contribution in [3.05, 3.63) is 63.6 Å². The number of methoxy groups -OCH3 is 1. The van der Waals surface area contributed by atoms with E-state index < -0.39 is 5.97 Å². The first-order valence-electron chi connectivity index (χ1n) is 7.37. The van der Waals surface area contributed by atoms with E-state index in [2.05, 4.69) is 10.1 Å². The van der Waals surface area contributed by atoms with Crippen molar-refractivity contribution in [2.75, 3.05) is 12.4 Å². The van der Waals surface area contributed by atoms with E-state index in [1.165, 1.54) is 19.2 Å². The van der Waals surface area contributed by atoms with Gasteiger partial charge in [0.2, 0.25) is 5.91 Å². The number of esters is 1. The van der Waals surface area contributed by atoms with E-state index in [1.807, 2.05) is 0 Å². The Balaban J connectivity index is 1.96. The third-order valence-corrected chi connectivity index (χ3v) is 3.95. The van der Waals surface area contributed by atoms with Gasteiger partial charge in [0.05, 0.1) is 17.7 Å². The van der Waals surface area contributed by atoms with E-state index in [0.29, 0.717) is 16.3 Å². The van der Waals surface area contributed by atoms with Crippen molar-refractivity contribution in [3.8, 4) is 0 Å². The largest absolute Gasteiger partial charge is 0.465 e. The zero-order valence-electron chi connectivity index (χ0n) is 13.3. The van der Waals surface area contributed by atoms with Crippen molar-refractivity contribution < 1.29 is 19.1 Å². The van der Waals surface area contributed by atoms with Crippen LogP contribution in [0.25, 0.3) is 0 Å². The molecule has 0 unspecified atom stereocenters. The van der Waals surface area contributed by atoms with Crippen LogP contribution in [0.5, 0.6) is 0 Å². The van der Waals surface area contributed by atoms with Crippen LogP contribution in [0.3, 0.4) is 0 Å². The third-order valence-electron chi connectivity index (χ3n) is 3.38. The van der Waals surface area contributed by atoms with Crippen LogP contribution in [0.2, 0.25) is 10.0 Å². The summed E-state index contributed by atoms with van der Waals surface area (Å²) < 4.78 is 4.62. The summed E-state index contributed by atoms with van der Waals surface area (Å²) in [6.07, 6.45) is 0.0468. The van der Waals surface area contributed by atoms with Crippen LogP contribution in [-0.4, -0.2) is 24.8 Å². The molecule has 0 saturated carbocycles. The molecule has 130 valence electrons. The zero-order valence-corrected chi connectivity index (χ0v) is 14.9. The van der Waals surface area contributed by atoms with Gasteiger partial charge < -0.3 is 10.1 Å². The number of nitrogens with one attached hydrogen (secondary N) is 1. The highest BCUT2D eigenvalue weighted by molar-refractivity contribution is 6.33. The summed E-state index contributed by atoms with van der Waals surface area (Å²) in [4.78, 5) is 35.7. The zero-order chi connectivity index (χ0) is 18.4. The Labute approximate surface area is 154 Å². The lowest BCUT2D eigenvalue weighted by Crippen LogP contribution is -2.14. The molecule has 0 heterocycles. The Kier molecular flexibility index (Phi) is 6.56. The standard InChI is InChI=1S/C18H15Cl2NO4/c1-25-18(24)14-10-13(5-6-15(14)20)21-17(23)8-7-16(22)11-3-2-4-12(19)9-11/h2-6,9-10H,7-8H2,1H3,(H,21,23).